The van der Waals surface area contributed by atoms with Gasteiger partial charge < -0.3 is 10.0 Å². The Kier molecular flexibility index (Phi) is 3.29. The number of hydrogen-bond donors (Lipinski definition) is 1. The maximum Gasteiger partial charge on any atom is 0.407 e. The molecule has 0 atom stereocenters. The summed E-state index contributed by atoms with van der Waals surface area (Å²) < 4.78 is 0. The Bertz CT molecular complexity index is 237. The van der Waals surface area contributed by atoms with Crippen molar-refractivity contribution in [3.63, 3.8) is 0 Å². The smallest absolute Gasteiger partial charge is 0.407 e. The van der Waals surface area contributed by atoms with Gasteiger partial charge in [0.2, 0.25) is 5.91 Å². The number of carbonyl (C=O) groups excluding carboxylic acids is 1. The molecule has 0 spiro atoms. The van der Waals surface area contributed by atoms with Crippen molar-refractivity contribution in [2.45, 2.75) is 6.42 Å². The Labute approximate surface area is 82.0 Å². The van der Waals surface area contributed by atoms with E-state index in [9.17, 15) is 9.59 Å². The molecule has 0 aromatic rings. The number of carboxylic acid groups (broad SMARTS) is 1. The second-order valence-electron chi connectivity index (χ2n) is 3.33. The standard InChI is InChI=1S/C8H14N2O4/c1-9(14-2)7(11)3-6-4-10(5-6)8(12)13/h6H,3-5H2,1-2H3,(H,12,13). The van der Waals surface area contributed by atoms with E-state index in [0.717, 1.165) is 5.06 Å². The largest absolute Gasteiger partial charge is 0.465 e. The molecule has 1 rings (SSSR count). The lowest BCUT2D eigenvalue weighted by Gasteiger charge is -2.37. The van der Waals surface area contributed by atoms with E-state index in [1.165, 1.54) is 19.1 Å². The first-order chi connectivity index (χ1) is 6.54. The summed E-state index contributed by atoms with van der Waals surface area (Å²) in [4.78, 5) is 27.7. The zero-order chi connectivity index (χ0) is 10.7. The minimum absolute atomic E-state index is 0.123. The van der Waals surface area contributed by atoms with Gasteiger partial charge in [-0.05, 0) is 0 Å². The van der Waals surface area contributed by atoms with Gasteiger partial charge in [0.15, 0.2) is 0 Å². The lowest BCUT2D eigenvalue weighted by molar-refractivity contribution is -0.170. The predicted molar refractivity (Wildman–Crippen MR) is 47.5 cm³/mol. The minimum atomic E-state index is -0.922. The molecule has 6 nitrogen and oxygen atoms in total. The summed E-state index contributed by atoms with van der Waals surface area (Å²) in [6, 6.07) is 0. The Balaban J connectivity index is 2.23. The van der Waals surface area contributed by atoms with E-state index in [0.29, 0.717) is 19.5 Å². The molecule has 0 aromatic heterocycles. The van der Waals surface area contributed by atoms with Gasteiger partial charge in [0, 0.05) is 32.5 Å². The summed E-state index contributed by atoms with van der Waals surface area (Å²) in [6.45, 7) is 0.886. The quantitative estimate of drug-likeness (QED) is 0.654. The number of rotatable bonds is 3. The monoisotopic (exact) mass is 202 g/mol. The van der Waals surface area contributed by atoms with E-state index < -0.39 is 6.09 Å². The molecule has 1 heterocycles. The second kappa shape index (κ2) is 4.28. The predicted octanol–water partition coefficient (Wildman–Crippen LogP) is 0.00610. The SMILES string of the molecule is CON(C)C(=O)CC1CN(C(=O)O)C1. The molecule has 0 saturated carbocycles. The van der Waals surface area contributed by atoms with E-state index in [2.05, 4.69) is 0 Å². The molecule has 0 aromatic carbocycles. The van der Waals surface area contributed by atoms with Crippen LogP contribution in [0.5, 0.6) is 0 Å². The molecule has 80 valence electrons. The van der Waals surface area contributed by atoms with Gasteiger partial charge in [0.05, 0.1) is 7.11 Å². The Hall–Kier alpha value is -1.30. The van der Waals surface area contributed by atoms with Crippen molar-refractivity contribution < 1.29 is 19.5 Å². The third-order valence-electron chi connectivity index (χ3n) is 2.32. The summed E-state index contributed by atoms with van der Waals surface area (Å²) >= 11 is 0. The van der Waals surface area contributed by atoms with E-state index in [1.54, 1.807) is 0 Å². The third-order valence-corrected chi connectivity index (χ3v) is 2.32. The van der Waals surface area contributed by atoms with Gasteiger partial charge in [-0.3, -0.25) is 9.63 Å². The van der Waals surface area contributed by atoms with Crippen molar-refractivity contribution >= 4 is 12.0 Å². The normalized spacial score (nSPS) is 16.3. The fourth-order valence-corrected chi connectivity index (χ4v) is 1.33. The molecule has 0 bridgehead atoms. The summed E-state index contributed by atoms with van der Waals surface area (Å²) in [7, 11) is 2.96. The van der Waals surface area contributed by atoms with Crippen LogP contribution in [0, 0.1) is 5.92 Å². The number of nitrogens with zero attached hydrogens (tertiary/aromatic N) is 2. The lowest BCUT2D eigenvalue weighted by atomic mass is 9.96. The fraction of sp³-hybridized carbons (Fsp3) is 0.750. The van der Waals surface area contributed by atoms with Gasteiger partial charge >= 0.3 is 6.09 Å². The van der Waals surface area contributed by atoms with Crippen molar-refractivity contribution in [2.75, 3.05) is 27.2 Å². The first-order valence-corrected chi connectivity index (χ1v) is 4.33. The second-order valence-corrected chi connectivity index (χ2v) is 3.33. The van der Waals surface area contributed by atoms with Crippen LogP contribution < -0.4 is 0 Å². The van der Waals surface area contributed by atoms with Crippen molar-refractivity contribution in [1.29, 1.82) is 0 Å². The van der Waals surface area contributed by atoms with Gasteiger partial charge in [0.25, 0.3) is 0 Å². The molecular formula is C8H14N2O4. The van der Waals surface area contributed by atoms with Crippen molar-refractivity contribution in [3.8, 4) is 0 Å². The van der Waals surface area contributed by atoms with Crippen LogP contribution in [0.2, 0.25) is 0 Å². The number of hydroxylamine groups is 2. The van der Waals surface area contributed by atoms with Crippen LogP contribution in [0.25, 0.3) is 0 Å². The summed E-state index contributed by atoms with van der Waals surface area (Å²) in [6.07, 6.45) is -0.581. The average molecular weight is 202 g/mol. The lowest BCUT2D eigenvalue weighted by Crippen LogP contribution is -2.50. The molecule has 2 amide bonds. The highest BCUT2D eigenvalue weighted by Gasteiger charge is 2.32. The van der Waals surface area contributed by atoms with Crippen molar-refractivity contribution in [3.05, 3.63) is 0 Å². The maximum atomic E-state index is 11.3. The number of likely N-dealkylation sites (tertiary alicyclic amines) is 1. The topological polar surface area (TPSA) is 70.1 Å². The Morgan fingerprint density at radius 2 is 2.14 bits per heavy atom. The Morgan fingerprint density at radius 3 is 2.57 bits per heavy atom. The third kappa shape index (κ3) is 2.35. The first kappa shape index (κ1) is 10.8. The van der Waals surface area contributed by atoms with Crippen LogP contribution in [-0.4, -0.2) is 54.3 Å². The molecular weight excluding hydrogens is 188 g/mol. The van der Waals surface area contributed by atoms with Crippen LogP contribution >= 0.6 is 0 Å². The Morgan fingerprint density at radius 1 is 1.57 bits per heavy atom. The van der Waals surface area contributed by atoms with Gasteiger partial charge in [0.1, 0.15) is 0 Å². The summed E-state index contributed by atoms with van der Waals surface area (Å²) in [5, 5.41) is 9.70. The molecule has 1 aliphatic rings. The van der Waals surface area contributed by atoms with Crippen LogP contribution in [-0.2, 0) is 9.63 Å². The molecule has 1 N–H and O–H groups in total. The van der Waals surface area contributed by atoms with Crippen LogP contribution in [0.15, 0.2) is 0 Å². The summed E-state index contributed by atoms with van der Waals surface area (Å²) in [5.74, 6) is 0.0127. The van der Waals surface area contributed by atoms with Gasteiger partial charge in [-0.1, -0.05) is 0 Å². The highest BCUT2D eigenvalue weighted by molar-refractivity contribution is 5.75. The van der Waals surface area contributed by atoms with Crippen molar-refractivity contribution in [2.24, 2.45) is 5.92 Å². The molecule has 14 heavy (non-hydrogen) atoms. The van der Waals surface area contributed by atoms with E-state index >= 15 is 0 Å². The molecule has 0 radical (unpaired) electrons. The van der Waals surface area contributed by atoms with Gasteiger partial charge in [-0.2, -0.15) is 0 Å². The van der Waals surface area contributed by atoms with Crippen LogP contribution in [0.1, 0.15) is 6.42 Å². The molecule has 1 aliphatic heterocycles. The molecule has 0 unspecified atom stereocenters. The number of amides is 2. The zero-order valence-corrected chi connectivity index (χ0v) is 8.27. The zero-order valence-electron chi connectivity index (χ0n) is 8.27. The van der Waals surface area contributed by atoms with E-state index in [4.69, 9.17) is 9.94 Å². The molecule has 1 saturated heterocycles. The van der Waals surface area contributed by atoms with E-state index in [1.807, 2.05) is 0 Å². The minimum Gasteiger partial charge on any atom is -0.465 e. The molecule has 6 heteroatoms. The highest BCUT2D eigenvalue weighted by atomic mass is 16.7. The average Bonchev–Trinajstić information content (AvgIpc) is 2.07. The fourth-order valence-electron chi connectivity index (χ4n) is 1.33. The number of hydrogen-bond acceptors (Lipinski definition) is 3. The number of carbonyl (C=O) groups is 2. The van der Waals surface area contributed by atoms with Crippen LogP contribution in [0.4, 0.5) is 4.79 Å². The van der Waals surface area contributed by atoms with E-state index in [-0.39, 0.29) is 11.8 Å². The van der Waals surface area contributed by atoms with Crippen molar-refractivity contribution in [1.82, 2.24) is 9.96 Å². The molecule has 1 fully saturated rings. The first-order valence-electron chi connectivity index (χ1n) is 4.33. The van der Waals surface area contributed by atoms with Gasteiger partial charge in [-0.25, -0.2) is 9.86 Å². The maximum absolute atomic E-state index is 11.3. The highest BCUT2D eigenvalue weighted by Crippen LogP contribution is 2.19. The van der Waals surface area contributed by atoms with Gasteiger partial charge in [-0.15, -0.1) is 0 Å². The van der Waals surface area contributed by atoms with Crippen LogP contribution in [0.3, 0.4) is 0 Å². The summed E-state index contributed by atoms with van der Waals surface area (Å²) in [5.41, 5.74) is 0. The molecule has 0 aliphatic carbocycles.